The highest BCUT2D eigenvalue weighted by Crippen LogP contribution is 2.20. The van der Waals surface area contributed by atoms with E-state index in [1.807, 2.05) is 13.1 Å². The third-order valence-electron chi connectivity index (χ3n) is 3.40. The van der Waals surface area contributed by atoms with Crippen LogP contribution in [-0.4, -0.2) is 30.8 Å². The fraction of sp³-hybridized carbons (Fsp3) is 0.643. The maximum atomic E-state index is 5.83. The summed E-state index contributed by atoms with van der Waals surface area (Å²) in [5.74, 6) is 1.03. The fourth-order valence-electron chi connectivity index (χ4n) is 2.37. The molecule has 1 fully saturated rings. The summed E-state index contributed by atoms with van der Waals surface area (Å²) in [5, 5.41) is 0. The molecule has 0 aliphatic carbocycles. The van der Waals surface area contributed by atoms with Crippen LogP contribution in [0, 0.1) is 0 Å². The van der Waals surface area contributed by atoms with Gasteiger partial charge in [0.05, 0.1) is 6.10 Å². The van der Waals surface area contributed by atoms with E-state index in [0.717, 1.165) is 37.5 Å². The number of nitrogens with two attached hydrogens (primary N) is 1. The van der Waals surface area contributed by atoms with E-state index < -0.39 is 0 Å². The molecule has 2 rings (SSSR count). The molecule has 0 saturated carbocycles. The van der Waals surface area contributed by atoms with E-state index >= 15 is 0 Å². The lowest BCUT2D eigenvalue weighted by Crippen LogP contribution is -2.40. The molecule has 0 radical (unpaired) electrons. The molecule has 0 aromatic carbocycles. The van der Waals surface area contributed by atoms with Gasteiger partial charge in [0.2, 0.25) is 0 Å². The van der Waals surface area contributed by atoms with Crippen molar-refractivity contribution in [3.8, 4) is 0 Å². The quantitative estimate of drug-likeness (QED) is 0.888. The monoisotopic (exact) mass is 249 g/mol. The summed E-state index contributed by atoms with van der Waals surface area (Å²) in [6.07, 6.45) is 4.55. The number of hydrogen-bond acceptors (Lipinski definition) is 4. The van der Waals surface area contributed by atoms with Crippen LogP contribution in [0.5, 0.6) is 0 Å². The number of anilines is 1. The molecule has 1 saturated heterocycles. The summed E-state index contributed by atoms with van der Waals surface area (Å²) in [6.45, 7) is 6.82. The number of piperidine rings is 1. The molecular formula is C14H23N3O. The molecule has 1 aliphatic heterocycles. The molecule has 0 amide bonds. The summed E-state index contributed by atoms with van der Waals surface area (Å²) >= 11 is 0. The Morgan fingerprint density at radius 2 is 2.39 bits per heavy atom. The Bertz CT molecular complexity index is 362. The van der Waals surface area contributed by atoms with Gasteiger partial charge in [-0.1, -0.05) is 6.07 Å². The van der Waals surface area contributed by atoms with Gasteiger partial charge in [-0.2, -0.15) is 0 Å². The van der Waals surface area contributed by atoms with E-state index in [1.165, 1.54) is 6.42 Å². The van der Waals surface area contributed by atoms with Crippen molar-refractivity contribution in [1.29, 1.82) is 0 Å². The van der Waals surface area contributed by atoms with Crippen LogP contribution in [0.25, 0.3) is 0 Å². The topological polar surface area (TPSA) is 51.4 Å². The van der Waals surface area contributed by atoms with Gasteiger partial charge in [-0.15, -0.1) is 0 Å². The first-order valence-electron chi connectivity index (χ1n) is 6.78. The highest BCUT2D eigenvalue weighted by molar-refractivity contribution is 5.40. The van der Waals surface area contributed by atoms with Crippen molar-refractivity contribution in [3.05, 3.63) is 23.9 Å². The SMILES string of the molecule is CCOC1CCCN(c2ccc([C@H](C)N)cn2)C1. The maximum Gasteiger partial charge on any atom is 0.128 e. The average Bonchev–Trinajstić information content (AvgIpc) is 2.39. The van der Waals surface area contributed by atoms with Gasteiger partial charge in [0.1, 0.15) is 5.82 Å². The molecule has 2 N–H and O–H groups in total. The van der Waals surface area contributed by atoms with E-state index in [0.29, 0.717) is 6.10 Å². The van der Waals surface area contributed by atoms with E-state index in [1.54, 1.807) is 0 Å². The molecule has 2 atom stereocenters. The minimum Gasteiger partial charge on any atom is -0.377 e. The van der Waals surface area contributed by atoms with Crippen molar-refractivity contribution in [2.75, 3.05) is 24.6 Å². The van der Waals surface area contributed by atoms with Crippen molar-refractivity contribution in [3.63, 3.8) is 0 Å². The van der Waals surface area contributed by atoms with E-state index in [-0.39, 0.29) is 6.04 Å². The molecule has 0 bridgehead atoms. The van der Waals surface area contributed by atoms with Gasteiger partial charge in [0, 0.05) is 31.9 Å². The largest absolute Gasteiger partial charge is 0.377 e. The van der Waals surface area contributed by atoms with Gasteiger partial charge in [-0.05, 0) is 38.3 Å². The Morgan fingerprint density at radius 3 is 3.00 bits per heavy atom. The zero-order chi connectivity index (χ0) is 13.0. The van der Waals surface area contributed by atoms with Crippen molar-refractivity contribution in [1.82, 2.24) is 4.98 Å². The van der Waals surface area contributed by atoms with Crippen LogP contribution >= 0.6 is 0 Å². The van der Waals surface area contributed by atoms with Crippen LogP contribution < -0.4 is 10.6 Å². The average molecular weight is 249 g/mol. The van der Waals surface area contributed by atoms with Crippen molar-refractivity contribution < 1.29 is 4.74 Å². The van der Waals surface area contributed by atoms with Gasteiger partial charge < -0.3 is 15.4 Å². The van der Waals surface area contributed by atoms with Gasteiger partial charge >= 0.3 is 0 Å². The minimum atomic E-state index is 0.0454. The Morgan fingerprint density at radius 1 is 1.56 bits per heavy atom. The number of pyridine rings is 1. The predicted molar refractivity (Wildman–Crippen MR) is 73.7 cm³/mol. The first kappa shape index (κ1) is 13.3. The Balaban J connectivity index is 2.02. The lowest BCUT2D eigenvalue weighted by Gasteiger charge is -2.33. The van der Waals surface area contributed by atoms with E-state index in [4.69, 9.17) is 10.5 Å². The summed E-state index contributed by atoms with van der Waals surface area (Å²) in [7, 11) is 0. The van der Waals surface area contributed by atoms with Gasteiger partial charge in [0.15, 0.2) is 0 Å². The van der Waals surface area contributed by atoms with Crippen LogP contribution in [-0.2, 0) is 4.74 Å². The predicted octanol–water partition coefficient (Wildman–Crippen LogP) is 2.11. The third kappa shape index (κ3) is 3.21. The third-order valence-corrected chi connectivity index (χ3v) is 3.40. The smallest absolute Gasteiger partial charge is 0.128 e. The zero-order valence-corrected chi connectivity index (χ0v) is 11.3. The van der Waals surface area contributed by atoms with Crippen LogP contribution in [0.3, 0.4) is 0 Å². The highest BCUT2D eigenvalue weighted by atomic mass is 16.5. The summed E-state index contributed by atoms with van der Waals surface area (Å²) < 4.78 is 5.71. The van der Waals surface area contributed by atoms with Crippen LogP contribution in [0.1, 0.15) is 38.3 Å². The molecule has 4 heteroatoms. The molecule has 2 heterocycles. The lowest BCUT2D eigenvalue weighted by atomic mass is 10.1. The minimum absolute atomic E-state index is 0.0454. The second kappa shape index (κ2) is 6.16. The molecule has 1 aromatic rings. The lowest BCUT2D eigenvalue weighted by molar-refractivity contribution is 0.0525. The molecule has 0 spiro atoms. The molecule has 18 heavy (non-hydrogen) atoms. The second-order valence-corrected chi connectivity index (χ2v) is 4.90. The molecule has 1 aromatic heterocycles. The number of nitrogens with zero attached hydrogens (tertiary/aromatic N) is 2. The van der Waals surface area contributed by atoms with Crippen LogP contribution in [0.2, 0.25) is 0 Å². The second-order valence-electron chi connectivity index (χ2n) is 4.90. The first-order chi connectivity index (χ1) is 8.70. The Kier molecular flexibility index (Phi) is 4.55. The molecule has 100 valence electrons. The van der Waals surface area contributed by atoms with Gasteiger partial charge in [-0.3, -0.25) is 0 Å². The van der Waals surface area contributed by atoms with E-state index in [9.17, 15) is 0 Å². The molecular weight excluding hydrogens is 226 g/mol. The number of hydrogen-bond donors (Lipinski definition) is 1. The van der Waals surface area contributed by atoms with Crippen molar-refractivity contribution >= 4 is 5.82 Å². The normalized spacial score (nSPS) is 21.9. The molecule has 1 unspecified atom stereocenters. The number of rotatable bonds is 4. The van der Waals surface area contributed by atoms with E-state index in [2.05, 4.69) is 28.9 Å². The summed E-state index contributed by atoms with van der Waals surface area (Å²) in [6, 6.07) is 4.17. The van der Waals surface area contributed by atoms with Gasteiger partial charge in [0.25, 0.3) is 0 Å². The standard InChI is InChI=1S/C14H23N3O/c1-3-18-13-5-4-8-17(10-13)14-7-6-12(9-16-14)11(2)15/h6-7,9,11,13H,3-5,8,10,15H2,1-2H3/t11-,13?/m0/s1. The maximum absolute atomic E-state index is 5.83. The molecule has 1 aliphatic rings. The highest BCUT2D eigenvalue weighted by Gasteiger charge is 2.20. The fourth-order valence-corrected chi connectivity index (χ4v) is 2.37. The summed E-state index contributed by atoms with van der Waals surface area (Å²) in [4.78, 5) is 6.81. The molecule has 4 nitrogen and oxygen atoms in total. The zero-order valence-electron chi connectivity index (χ0n) is 11.3. The Labute approximate surface area is 109 Å². The van der Waals surface area contributed by atoms with Crippen molar-refractivity contribution in [2.45, 2.75) is 38.8 Å². The number of aromatic nitrogens is 1. The van der Waals surface area contributed by atoms with Crippen LogP contribution in [0.15, 0.2) is 18.3 Å². The first-order valence-corrected chi connectivity index (χ1v) is 6.78. The number of ether oxygens (including phenoxy) is 1. The summed E-state index contributed by atoms with van der Waals surface area (Å²) in [5.41, 5.74) is 6.91. The van der Waals surface area contributed by atoms with Gasteiger partial charge in [-0.25, -0.2) is 4.98 Å². The van der Waals surface area contributed by atoms with Crippen LogP contribution in [0.4, 0.5) is 5.82 Å². The Hall–Kier alpha value is -1.13. The van der Waals surface area contributed by atoms with Crippen molar-refractivity contribution in [2.24, 2.45) is 5.73 Å².